The van der Waals surface area contributed by atoms with Crippen molar-refractivity contribution < 1.29 is 4.52 Å². The Hall–Kier alpha value is -2.83. The first-order valence-corrected chi connectivity index (χ1v) is 9.37. The number of aliphatic imine (C=N–C) groups is 1. The molecule has 1 aromatic carbocycles. The molecule has 3 rings (SSSR count). The van der Waals surface area contributed by atoms with Crippen molar-refractivity contribution in [2.45, 2.75) is 46.1 Å². The predicted molar refractivity (Wildman–Crippen MR) is 108 cm³/mol. The van der Waals surface area contributed by atoms with Crippen molar-refractivity contribution in [3.05, 3.63) is 47.7 Å². The van der Waals surface area contributed by atoms with Gasteiger partial charge >= 0.3 is 0 Å². The molecule has 0 saturated heterocycles. The van der Waals surface area contributed by atoms with Gasteiger partial charge in [0.2, 0.25) is 5.89 Å². The first kappa shape index (κ1) is 18.9. The minimum absolute atomic E-state index is 0.156. The van der Waals surface area contributed by atoms with E-state index in [2.05, 4.69) is 55.1 Å². The number of fused-ring (bicyclic) bond motifs is 1. The molecule has 0 amide bonds. The molecule has 0 aliphatic rings. The van der Waals surface area contributed by atoms with E-state index < -0.39 is 0 Å². The van der Waals surface area contributed by atoms with Crippen LogP contribution in [0.3, 0.4) is 0 Å². The number of hydrogen-bond acceptors (Lipinski definition) is 4. The van der Waals surface area contributed by atoms with Crippen LogP contribution in [0.4, 0.5) is 0 Å². The van der Waals surface area contributed by atoms with E-state index in [0.29, 0.717) is 18.3 Å². The van der Waals surface area contributed by atoms with Gasteiger partial charge in [0.05, 0.1) is 0 Å². The molecule has 0 unspecified atom stereocenters. The summed E-state index contributed by atoms with van der Waals surface area (Å²) < 4.78 is 5.32. The molecule has 3 aromatic rings. The molecule has 0 saturated carbocycles. The third-order valence-corrected chi connectivity index (χ3v) is 4.19. The molecule has 0 bridgehead atoms. The fraction of sp³-hybridized carbons (Fsp3) is 0.450. The molecule has 0 aliphatic heterocycles. The highest BCUT2D eigenvalue weighted by Crippen LogP contribution is 2.20. The second kappa shape index (κ2) is 8.24. The van der Waals surface area contributed by atoms with Crippen molar-refractivity contribution in [3.8, 4) is 0 Å². The Morgan fingerprint density at radius 3 is 2.78 bits per heavy atom. The zero-order valence-corrected chi connectivity index (χ0v) is 16.5. The fourth-order valence-electron chi connectivity index (χ4n) is 2.77. The first-order chi connectivity index (χ1) is 13.0. The molecule has 2 aromatic heterocycles. The van der Waals surface area contributed by atoms with E-state index in [0.717, 1.165) is 25.5 Å². The lowest BCUT2D eigenvalue weighted by Crippen LogP contribution is -2.38. The van der Waals surface area contributed by atoms with E-state index in [1.165, 1.54) is 16.5 Å². The number of aromatic nitrogens is 3. The summed E-state index contributed by atoms with van der Waals surface area (Å²) in [5.41, 5.74) is 2.30. The van der Waals surface area contributed by atoms with Crippen LogP contribution in [0, 0.1) is 0 Å². The van der Waals surface area contributed by atoms with E-state index in [9.17, 15) is 0 Å². The van der Waals surface area contributed by atoms with Crippen LogP contribution in [0.25, 0.3) is 10.9 Å². The highest BCUT2D eigenvalue weighted by atomic mass is 16.5. The lowest BCUT2D eigenvalue weighted by atomic mass is 9.97. The lowest BCUT2D eigenvalue weighted by Gasteiger charge is -2.11. The van der Waals surface area contributed by atoms with Gasteiger partial charge in [-0.25, -0.2) is 4.99 Å². The molecule has 0 aliphatic carbocycles. The molecule has 27 heavy (non-hydrogen) atoms. The topological polar surface area (TPSA) is 91.1 Å². The average Bonchev–Trinajstić information content (AvgIpc) is 3.27. The van der Waals surface area contributed by atoms with Gasteiger partial charge in [-0.3, -0.25) is 0 Å². The standard InChI is InChI=1S/C20H28N6O/c1-5-21-19(24-13-17-25-18(27-26-17)20(2,3)4)22-11-10-14-12-23-16-9-7-6-8-15(14)16/h6-9,12,23H,5,10-11,13H2,1-4H3,(H2,21,22,24). The number of hydrogen-bond donors (Lipinski definition) is 3. The largest absolute Gasteiger partial charge is 0.361 e. The maximum atomic E-state index is 5.32. The second-order valence-electron chi connectivity index (χ2n) is 7.50. The van der Waals surface area contributed by atoms with Crippen LogP contribution in [0.5, 0.6) is 0 Å². The number of benzene rings is 1. The van der Waals surface area contributed by atoms with Gasteiger partial charge in [0.1, 0.15) is 6.54 Å². The van der Waals surface area contributed by atoms with Crippen molar-refractivity contribution in [2.24, 2.45) is 4.99 Å². The first-order valence-electron chi connectivity index (χ1n) is 9.37. The van der Waals surface area contributed by atoms with Crippen molar-refractivity contribution in [1.29, 1.82) is 0 Å². The summed E-state index contributed by atoms with van der Waals surface area (Å²) in [4.78, 5) is 12.3. The van der Waals surface area contributed by atoms with Gasteiger partial charge in [0, 0.05) is 35.6 Å². The van der Waals surface area contributed by atoms with Gasteiger partial charge in [-0.2, -0.15) is 4.98 Å². The summed E-state index contributed by atoms with van der Waals surface area (Å²) >= 11 is 0. The van der Waals surface area contributed by atoms with Crippen LogP contribution in [-0.4, -0.2) is 34.2 Å². The summed E-state index contributed by atoms with van der Waals surface area (Å²) in [6, 6.07) is 8.34. The van der Waals surface area contributed by atoms with Crippen LogP contribution in [0.15, 0.2) is 40.0 Å². The van der Waals surface area contributed by atoms with Gasteiger partial charge in [-0.05, 0) is 25.0 Å². The Bertz CT molecular complexity index is 902. The number of nitrogens with zero attached hydrogens (tertiary/aromatic N) is 3. The Labute approximate surface area is 159 Å². The number of H-pyrrole nitrogens is 1. The van der Waals surface area contributed by atoms with Crippen molar-refractivity contribution in [2.75, 3.05) is 13.1 Å². The van der Waals surface area contributed by atoms with E-state index in [4.69, 9.17) is 4.52 Å². The van der Waals surface area contributed by atoms with Crippen LogP contribution in [0.2, 0.25) is 0 Å². The number of guanidine groups is 1. The Morgan fingerprint density at radius 1 is 1.22 bits per heavy atom. The highest BCUT2D eigenvalue weighted by molar-refractivity contribution is 5.83. The van der Waals surface area contributed by atoms with E-state index in [-0.39, 0.29) is 5.41 Å². The Kier molecular flexibility index (Phi) is 5.78. The normalized spacial score (nSPS) is 12.5. The fourth-order valence-corrected chi connectivity index (χ4v) is 2.77. The van der Waals surface area contributed by atoms with E-state index >= 15 is 0 Å². The average molecular weight is 368 g/mol. The van der Waals surface area contributed by atoms with Crippen LogP contribution in [-0.2, 0) is 18.4 Å². The zero-order valence-electron chi connectivity index (χ0n) is 16.5. The molecule has 0 spiro atoms. The number of nitrogens with one attached hydrogen (secondary N) is 3. The molecule has 2 heterocycles. The number of aromatic amines is 1. The maximum absolute atomic E-state index is 5.32. The zero-order chi connectivity index (χ0) is 19.3. The molecule has 3 N–H and O–H groups in total. The maximum Gasteiger partial charge on any atom is 0.232 e. The summed E-state index contributed by atoms with van der Waals surface area (Å²) in [5.74, 6) is 1.97. The number of rotatable bonds is 6. The molecule has 144 valence electrons. The molecule has 7 nitrogen and oxygen atoms in total. The molecular formula is C20H28N6O. The molecule has 0 atom stereocenters. The van der Waals surface area contributed by atoms with Crippen LogP contribution < -0.4 is 10.6 Å². The smallest absolute Gasteiger partial charge is 0.232 e. The minimum Gasteiger partial charge on any atom is -0.361 e. The van der Waals surface area contributed by atoms with Gasteiger partial charge in [-0.1, -0.05) is 44.1 Å². The van der Waals surface area contributed by atoms with Gasteiger partial charge in [0.15, 0.2) is 11.8 Å². The second-order valence-corrected chi connectivity index (χ2v) is 7.50. The number of para-hydroxylation sites is 1. The quantitative estimate of drug-likeness (QED) is 0.459. The van der Waals surface area contributed by atoms with E-state index in [1.807, 2.05) is 33.8 Å². The van der Waals surface area contributed by atoms with Crippen molar-refractivity contribution >= 4 is 16.9 Å². The molecule has 7 heteroatoms. The van der Waals surface area contributed by atoms with Gasteiger partial charge < -0.3 is 20.1 Å². The monoisotopic (exact) mass is 368 g/mol. The van der Waals surface area contributed by atoms with Crippen molar-refractivity contribution in [1.82, 2.24) is 25.8 Å². The minimum atomic E-state index is -0.156. The van der Waals surface area contributed by atoms with Gasteiger partial charge in [-0.15, -0.1) is 0 Å². The van der Waals surface area contributed by atoms with E-state index in [1.54, 1.807) is 0 Å². The Morgan fingerprint density at radius 2 is 2.04 bits per heavy atom. The summed E-state index contributed by atoms with van der Waals surface area (Å²) in [6.45, 7) is 10.1. The molecule has 0 radical (unpaired) electrons. The van der Waals surface area contributed by atoms with Crippen LogP contribution >= 0.6 is 0 Å². The predicted octanol–water partition coefficient (Wildman–Crippen LogP) is 3.15. The van der Waals surface area contributed by atoms with Crippen LogP contribution in [0.1, 0.15) is 45.0 Å². The Balaban J connectivity index is 1.58. The SMILES string of the molecule is CCNC(=NCc1noc(C(C)(C)C)n1)NCCc1c[nH]c2ccccc12. The third-order valence-electron chi connectivity index (χ3n) is 4.19. The molecule has 0 fully saturated rings. The lowest BCUT2D eigenvalue weighted by molar-refractivity contribution is 0.318. The van der Waals surface area contributed by atoms with Gasteiger partial charge in [0.25, 0.3) is 0 Å². The summed E-state index contributed by atoms with van der Waals surface area (Å²) in [6.07, 6.45) is 2.98. The summed E-state index contributed by atoms with van der Waals surface area (Å²) in [7, 11) is 0. The summed E-state index contributed by atoms with van der Waals surface area (Å²) in [5, 5.41) is 11.9. The third kappa shape index (κ3) is 4.87. The van der Waals surface area contributed by atoms with Crippen molar-refractivity contribution in [3.63, 3.8) is 0 Å². The highest BCUT2D eigenvalue weighted by Gasteiger charge is 2.21. The molecular weight excluding hydrogens is 340 g/mol.